The zero-order valence-corrected chi connectivity index (χ0v) is 20.8. The van der Waals surface area contributed by atoms with Crippen LogP contribution in [0.3, 0.4) is 0 Å². The van der Waals surface area contributed by atoms with Crippen LogP contribution in [0.2, 0.25) is 0 Å². The van der Waals surface area contributed by atoms with Gasteiger partial charge in [-0.05, 0) is 12.8 Å². The molecule has 1 amide bonds. The minimum Gasteiger partial charge on any atom is -0.481 e. The Kier molecular flexibility index (Phi) is 25.6. The number of carboxylic acid groups (broad SMARTS) is 1. The fourth-order valence-corrected chi connectivity index (χ4v) is 3.72. The summed E-state index contributed by atoms with van der Waals surface area (Å²) in [7, 11) is 0. The van der Waals surface area contributed by atoms with E-state index in [1.54, 1.807) is 6.29 Å². The third-order valence-electron chi connectivity index (χ3n) is 5.65. The average Bonchev–Trinajstić information content (AvgIpc) is 2.79. The predicted molar refractivity (Wildman–Crippen MR) is 131 cm³/mol. The first-order valence-electron chi connectivity index (χ1n) is 13.2. The van der Waals surface area contributed by atoms with E-state index in [0.29, 0.717) is 39.2 Å². The second-order valence-electron chi connectivity index (χ2n) is 8.71. The Hall–Kier alpha value is -1.47. The summed E-state index contributed by atoms with van der Waals surface area (Å²) in [6.07, 6.45) is 21.9. The molecule has 0 atom stereocenters. The van der Waals surface area contributed by atoms with E-state index in [4.69, 9.17) is 14.6 Å². The molecule has 7 heteroatoms. The summed E-state index contributed by atoms with van der Waals surface area (Å²) in [5, 5.41) is 11.4. The quantitative estimate of drug-likeness (QED) is 0.157. The molecule has 0 aromatic rings. The maximum absolute atomic E-state index is 11.7. The molecule has 0 fully saturated rings. The molecule has 0 unspecified atom stereocenters. The van der Waals surface area contributed by atoms with Crippen molar-refractivity contribution in [2.45, 2.75) is 116 Å². The van der Waals surface area contributed by atoms with Gasteiger partial charge in [-0.15, -0.1) is 0 Å². The largest absolute Gasteiger partial charge is 0.481 e. The van der Waals surface area contributed by atoms with Gasteiger partial charge in [0.2, 0.25) is 12.2 Å². The molecule has 0 heterocycles. The number of carbonyl (C=O) groups is 2. The molecule has 0 aromatic heterocycles. The lowest BCUT2D eigenvalue weighted by molar-refractivity contribution is -0.137. The van der Waals surface area contributed by atoms with E-state index < -0.39 is 5.97 Å². The molecule has 0 aliphatic heterocycles. The van der Waals surface area contributed by atoms with Gasteiger partial charge in [0.05, 0.1) is 19.8 Å². The number of nitrogens with one attached hydrogen (secondary N) is 1. The molecule has 0 bridgehead atoms. The fraction of sp³-hybridized carbons (Fsp3) is 0.885. The summed E-state index contributed by atoms with van der Waals surface area (Å²) >= 11 is 0. The van der Waals surface area contributed by atoms with Crippen molar-refractivity contribution in [3.63, 3.8) is 0 Å². The van der Waals surface area contributed by atoms with Crippen LogP contribution in [0, 0.1) is 0 Å². The van der Waals surface area contributed by atoms with E-state index in [2.05, 4.69) is 5.32 Å². The van der Waals surface area contributed by atoms with Crippen LogP contribution in [0.4, 0.5) is 0 Å². The molecule has 193 valence electrons. The number of hydrogen-bond donors (Lipinski definition) is 2. The smallest absolute Gasteiger partial charge is 0.303 e. The van der Waals surface area contributed by atoms with Gasteiger partial charge in [0, 0.05) is 19.4 Å². The highest BCUT2D eigenvalue weighted by atomic mass is 16.5. The third-order valence-corrected chi connectivity index (χ3v) is 5.65. The van der Waals surface area contributed by atoms with E-state index >= 15 is 0 Å². The average molecular weight is 471 g/mol. The molecule has 1 radical (unpaired) electrons. The van der Waals surface area contributed by atoms with Gasteiger partial charge in [-0.1, -0.05) is 89.9 Å². The van der Waals surface area contributed by atoms with Crippen LogP contribution < -0.4 is 5.32 Å². The lowest BCUT2D eigenvalue weighted by Gasteiger charge is -2.06. The predicted octanol–water partition coefficient (Wildman–Crippen LogP) is 5.35. The molecule has 0 spiro atoms. The lowest BCUT2D eigenvalue weighted by Crippen LogP contribution is -2.27. The van der Waals surface area contributed by atoms with Gasteiger partial charge >= 0.3 is 5.97 Å². The van der Waals surface area contributed by atoms with Gasteiger partial charge in [0.25, 0.3) is 0 Å². The van der Waals surface area contributed by atoms with Crippen LogP contribution in [0.1, 0.15) is 116 Å². The highest BCUT2D eigenvalue weighted by Gasteiger charge is 2.01. The molecule has 0 aromatic carbocycles. The maximum Gasteiger partial charge on any atom is 0.303 e. The molecular formula is C26H48NO6. The van der Waals surface area contributed by atoms with Crippen LogP contribution in [0.5, 0.6) is 0 Å². The minimum absolute atomic E-state index is 0.0259. The number of rotatable bonds is 27. The van der Waals surface area contributed by atoms with E-state index in [9.17, 15) is 14.4 Å². The van der Waals surface area contributed by atoms with Gasteiger partial charge in [0.15, 0.2) is 0 Å². The second-order valence-corrected chi connectivity index (χ2v) is 8.71. The van der Waals surface area contributed by atoms with Crippen molar-refractivity contribution in [1.29, 1.82) is 0 Å². The second kappa shape index (κ2) is 26.8. The van der Waals surface area contributed by atoms with Crippen molar-refractivity contribution in [2.75, 3.05) is 33.0 Å². The van der Waals surface area contributed by atoms with Crippen molar-refractivity contribution in [2.24, 2.45) is 0 Å². The molecule has 0 saturated carbocycles. The monoisotopic (exact) mass is 470 g/mol. The van der Waals surface area contributed by atoms with Gasteiger partial charge < -0.3 is 19.9 Å². The van der Waals surface area contributed by atoms with Crippen LogP contribution in [0.15, 0.2) is 0 Å². The zero-order valence-electron chi connectivity index (χ0n) is 20.8. The first kappa shape index (κ1) is 31.5. The zero-order chi connectivity index (χ0) is 24.2. The number of carboxylic acids is 1. The Balaban J connectivity index is 3.14. The first-order valence-corrected chi connectivity index (χ1v) is 13.2. The Labute approximate surface area is 201 Å². The van der Waals surface area contributed by atoms with Crippen molar-refractivity contribution >= 4 is 18.2 Å². The number of unbranched alkanes of at least 4 members (excludes halogenated alkanes) is 15. The number of hydrogen-bond acceptors (Lipinski definition) is 5. The van der Waals surface area contributed by atoms with E-state index in [1.807, 2.05) is 0 Å². The Morgan fingerprint density at radius 2 is 1.03 bits per heavy atom. The molecule has 7 nitrogen and oxygen atoms in total. The summed E-state index contributed by atoms with van der Waals surface area (Å²) < 4.78 is 10.2. The Morgan fingerprint density at radius 3 is 1.48 bits per heavy atom. The lowest BCUT2D eigenvalue weighted by atomic mass is 10.0. The van der Waals surface area contributed by atoms with Gasteiger partial charge in [-0.3, -0.25) is 14.4 Å². The Morgan fingerprint density at radius 1 is 0.606 bits per heavy atom. The van der Waals surface area contributed by atoms with Crippen molar-refractivity contribution < 1.29 is 29.0 Å². The fourth-order valence-electron chi connectivity index (χ4n) is 3.72. The highest BCUT2D eigenvalue weighted by molar-refractivity contribution is 5.75. The highest BCUT2D eigenvalue weighted by Crippen LogP contribution is 2.14. The number of ether oxygens (including phenoxy) is 2. The van der Waals surface area contributed by atoms with Crippen molar-refractivity contribution in [1.82, 2.24) is 5.32 Å². The normalized spacial score (nSPS) is 10.9. The van der Waals surface area contributed by atoms with Crippen LogP contribution in [-0.4, -0.2) is 56.2 Å². The van der Waals surface area contributed by atoms with Gasteiger partial charge in [0.1, 0.15) is 6.61 Å². The van der Waals surface area contributed by atoms with Crippen LogP contribution in [0.25, 0.3) is 0 Å². The maximum atomic E-state index is 11.7. The molecule has 2 N–H and O–H groups in total. The first-order chi connectivity index (χ1) is 16.2. The van der Waals surface area contributed by atoms with Gasteiger partial charge in [-0.25, -0.2) is 0 Å². The van der Waals surface area contributed by atoms with E-state index in [0.717, 1.165) is 25.7 Å². The van der Waals surface area contributed by atoms with Crippen LogP contribution in [-0.2, 0) is 23.9 Å². The summed E-state index contributed by atoms with van der Waals surface area (Å²) in [5.74, 6) is -0.590. The third kappa shape index (κ3) is 28.5. The van der Waals surface area contributed by atoms with E-state index in [1.165, 1.54) is 77.0 Å². The van der Waals surface area contributed by atoms with Crippen molar-refractivity contribution in [3.8, 4) is 0 Å². The van der Waals surface area contributed by atoms with Crippen molar-refractivity contribution in [3.05, 3.63) is 0 Å². The molecule has 33 heavy (non-hydrogen) atoms. The minimum atomic E-state index is -0.676. The summed E-state index contributed by atoms with van der Waals surface area (Å²) in [4.78, 5) is 32.1. The standard InChI is InChI=1S/C26H48NO6/c28-20-22-33-24-23-32-21-19-27-25(29)17-15-13-11-9-7-5-3-1-2-4-6-8-10-12-14-16-18-26(30)31/h1-19,21-24H2,(H,27,29)(H,30,31). The van der Waals surface area contributed by atoms with E-state index in [-0.39, 0.29) is 12.5 Å². The summed E-state index contributed by atoms with van der Waals surface area (Å²) in [6, 6.07) is 0. The topological polar surface area (TPSA) is 102 Å². The molecule has 0 aliphatic rings. The molecule has 0 rings (SSSR count). The number of amides is 1. The molecule has 0 aliphatic carbocycles. The molecular weight excluding hydrogens is 422 g/mol. The summed E-state index contributed by atoms with van der Waals surface area (Å²) in [6.45, 7) is 1.71. The SMILES string of the molecule is O=[C]COCCOCCNC(=O)CCCCCCCCCCCCCCCCCCC(=O)O. The molecule has 0 saturated heterocycles. The number of carbonyl (C=O) groups excluding carboxylic acids is 2. The van der Waals surface area contributed by atoms with Gasteiger partial charge in [-0.2, -0.15) is 0 Å². The number of aliphatic carboxylic acids is 1. The summed E-state index contributed by atoms with van der Waals surface area (Å²) in [5.41, 5.74) is 0. The van der Waals surface area contributed by atoms with Crippen LogP contribution >= 0.6 is 0 Å². The Bertz CT molecular complexity index is 458.